The molecule has 134 valence electrons. The number of aromatic nitrogens is 1. The lowest BCUT2D eigenvalue weighted by Gasteiger charge is -2.34. The van der Waals surface area contributed by atoms with E-state index in [0.29, 0.717) is 17.0 Å². The fourth-order valence-electron chi connectivity index (χ4n) is 3.47. The summed E-state index contributed by atoms with van der Waals surface area (Å²) in [5.41, 5.74) is 1.93. The molecule has 5 nitrogen and oxygen atoms in total. The van der Waals surface area contributed by atoms with E-state index in [0.717, 1.165) is 35.0 Å². The molecule has 0 spiro atoms. The summed E-state index contributed by atoms with van der Waals surface area (Å²) in [5, 5.41) is 3.63. The molecule has 2 amide bonds. The van der Waals surface area contributed by atoms with Crippen molar-refractivity contribution >= 4 is 22.5 Å². The van der Waals surface area contributed by atoms with Gasteiger partial charge in [-0.2, -0.15) is 0 Å². The van der Waals surface area contributed by atoms with Crippen LogP contribution in [0.15, 0.2) is 24.3 Å². The van der Waals surface area contributed by atoms with Gasteiger partial charge in [0.1, 0.15) is 5.75 Å². The Labute approximate surface area is 153 Å². The molecule has 1 aromatic carbocycles. The Morgan fingerprint density at radius 3 is 2.48 bits per heavy atom. The third kappa shape index (κ3) is 4.12. The number of hydrogen-bond donors (Lipinski definition) is 1. The van der Waals surface area contributed by atoms with Gasteiger partial charge in [0.05, 0.1) is 12.8 Å². The number of rotatable bonds is 3. The van der Waals surface area contributed by atoms with Crippen LogP contribution < -0.4 is 10.1 Å². The largest absolute Gasteiger partial charge is 0.497 e. The average Bonchev–Trinajstić information content (AvgIpc) is 2.94. The summed E-state index contributed by atoms with van der Waals surface area (Å²) in [6, 6.07) is 7.76. The summed E-state index contributed by atoms with van der Waals surface area (Å²) >= 11 is 1.51. The van der Waals surface area contributed by atoms with Crippen LogP contribution in [0, 0.1) is 18.8 Å². The number of benzene rings is 1. The van der Waals surface area contributed by atoms with Crippen molar-refractivity contribution in [2.24, 2.45) is 11.8 Å². The molecule has 0 aliphatic carbocycles. The molecular formula is C19H25N3O2S. The number of urea groups is 1. The Bertz CT molecular complexity index is 732. The van der Waals surface area contributed by atoms with E-state index in [1.807, 2.05) is 36.1 Å². The minimum absolute atomic E-state index is 0.0477. The van der Waals surface area contributed by atoms with Crippen LogP contribution in [-0.2, 0) is 0 Å². The summed E-state index contributed by atoms with van der Waals surface area (Å²) in [5.74, 6) is 1.91. The number of carbonyl (C=O) groups is 1. The molecule has 1 aromatic heterocycles. The third-order valence-electron chi connectivity index (χ3n) is 4.53. The monoisotopic (exact) mass is 359 g/mol. The predicted octanol–water partition coefficient (Wildman–Crippen LogP) is 4.64. The molecule has 1 fully saturated rings. The zero-order valence-corrected chi connectivity index (χ0v) is 16.0. The Balaban J connectivity index is 1.72. The van der Waals surface area contributed by atoms with Crippen molar-refractivity contribution in [3.8, 4) is 17.0 Å². The lowest BCUT2D eigenvalue weighted by Crippen LogP contribution is -2.44. The maximum atomic E-state index is 12.6. The van der Waals surface area contributed by atoms with E-state index >= 15 is 0 Å². The van der Waals surface area contributed by atoms with Gasteiger partial charge in [-0.05, 0) is 49.4 Å². The summed E-state index contributed by atoms with van der Waals surface area (Å²) in [4.78, 5) is 20.2. The fraction of sp³-hybridized carbons (Fsp3) is 0.474. The van der Waals surface area contributed by atoms with Gasteiger partial charge in [0.15, 0.2) is 5.13 Å². The van der Waals surface area contributed by atoms with Gasteiger partial charge in [-0.3, -0.25) is 5.32 Å². The maximum absolute atomic E-state index is 12.6. The zero-order chi connectivity index (χ0) is 18.0. The molecule has 2 atom stereocenters. The van der Waals surface area contributed by atoms with Crippen molar-refractivity contribution in [3.05, 3.63) is 29.1 Å². The molecule has 1 aliphatic rings. The van der Waals surface area contributed by atoms with Crippen molar-refractivity contribution in [1.82, 2.24) is 9.88 Å². The number of nitrogens with one attached hydrogen (secondary N) is 1. The Hall–Kier alpha value is -2.08. The van der Waals surface area contributed by atoms with E-state index in [1.165, 1.54) is 17.8 Å². The van der Waals surface area contributed by atoms with Gasteiger partial charge in [0.25, 0.3) is 0 Å². The highest BCUT2D eigenvalue weighted by Crippen LogP contribution is 2.31. The number of likely N-dealkylation sites (tertiary alicyclic amines) is 1. The molecule has 0 radical (unpaired) electrons. The highest BCUT2D eigenvalue weighted by Gasteiger charge is 2.26. The Kier molecular flexibility index (Phi) is 5.27. The molecule has 1 aliphatic heterocycles. The van der Waals surface area contributed by atoms with Crippen LogP contribution in [0.25, 0.3) is 11.3 Å². The predicted molar refractivity (Wildman–Crippen MR) is 102 cm³/mol. The lowest BCUT2D eigenvalue weighted by atomic mass is 9.92. The second kappa shape index (κ2) is 7.44. The van der Waals surface area contributed by atoms with Gasteiger partial charge in [0.2, 0.25) is 0 Å². The first-order valence-electron chi connectivity index (χ1n) is 8.64. The van der Waals surface area contributed by atoms with Crippen molar-refractivity contribution in [2.75, 3.05) is 25.5 Å². The topological polar surface area (TPSA) is 54.5 Å². The molecule has 6 heteroatoms. The second-order valence-corrected chi connectivity index (χ2v) is 8.14. The maximum Gasteiger partial charge on any atom is 0.323 e. The van der Waals surface area contributed by atoms with Crippen LogP contribution >= 0.6 is 11.3 Å². The van der Waals surface area contributed by atoms with Crippen LogP contribution in [0.1, 0.15) is 25.1 Å². The molecule has 2 heterocycles. The molecule has 25 heavy (non-hydrogen) atoms. The molecular weight excluding hydrogens is 334 g/mol. The Morgan fingerprint density at radius 1 is 1.24 bits per heavy atom. The second-order valence-electron chi connectivity index (χ2n) is 6.93. The first-order valence-corrected chi connectivity index (χ1v) is 9.45. The number of amides is 2. The molecule has 0 unspecified atom stereocenters. The van der Waals surface area contributed by atoms with Crippen LogP contribution in [0.2, 0.25) is 0 Å². The molecule has 1 saturated heterocycles. The SMILES string of the molecule is COc1ccc(-c2nc(NC(=O)N3C[C@H](C)C[C@H](C)C3)sc2C)cc1. The van der Waals surface area contributed by atoms with Crippen LogP contribution in [-0.4, -0.2) is 36.1 Å². The third-order valence-corrected chi connectivity index (χ3v) is 5.42. The van der Waals surface area contributed by atoms with Crippen molar-refractivity contribution in [2.45, 2.75) is 27.2 Å². The molecule has 2 aromatic rings. The number of ether oxygens (including phenoxy) is 1. The van der Waals surface area contributed by atoms with E-state index < -0.39 is 0 Å². The summed E-state index contributed by atoms with van der Waals surface area (Å²) in [6.45, 7) is 8.05. The average molecular weight is 359 g/mol. The number of anilines is 1. The van der Waals surface area contributed by atoms with Gasteiger partial charge < -0.3 is 9.64 Å². The van der Waals surface area contributed by atoms with E-state index in [-0.39, 0.29) is 6.03 Å². The van der Waals surface area contributed by atoms with Gasteiger partial charge in [-0.15, -0.1) is 11.3 Å². The lowest BCUT2D eigenvalue weighted by molar-refractivity contribution is 0.156. The number of carbonyl (C=O) groups excluding carboxylic acids is 1. The first kappa shape index (κ1) is 17.7. The van der Waals surface area contributed by atoms with Crippen molar-refractivity contribution in [3.63, 3.8) is 0 Å². The molecule has 3 rings (SSSR count). The van der Waals surface area contributed by atoms with Gasteiger partial charge in [0, 0.05) is 23.5 Å². The van der Waals surface area contributed by atoms with Crippen LogP contribution in [0.5, 0.6) is 5.75 Å². The number of thiazole rings is 1. The number of nitrogens with zero attached hydrogens (tertiary/aromatic N) is 2. The molecule has 0 saturated carbocycles. The van der Waals surface area contributed by atoms with E-state index in [2.05, 4.69) is 24.1 Å². The standard InChI is InChI=1S/C19H25N3O2S/c1-12-9-13(2)11-22(10-12)19(23)21-18-20-17(14(3)25-18)15-5-7-16(24-4)8-6-15/h5-8,12-13H,9-11H2,1-4H3,(H,20,21,23)/t12-,13+. The first-order chi connectivity index (χ1) is 12.0. The molecule has 1 N–H and O–H groups in total. The summed E-state index contributed by atoms with van der Waals surface area (Å²) in [7, 11) is 1.65. The number of aryl methyl sites for hydroxylation is 1. The van der Waals surface area contributed by atoms with E-state index in [9.17, 15) is 4.79 Å². The van der Waals surface area contributed by atoms with Gasteiger partial charge >= 0.3 is 6.03 Å². The zero-order valence-electron chi connectivity index (χ0n) is 15.2. The van der Waals surface area contributed by atoms with Crippen LogP contribution in [0.4, 0.5) is 9.93 Å². The fourth-order valence-corrected chi connectivity index (χ4v) is 4.29. The van der Waals surface area contributed by atoms with Gasteiger partial charge in [-0.1, -0.05) is 13.8 Å². The smallest absolute Gasteiger partial charge is 0.323 e. The normalized spacial score (nSPS) is 20.4. The minimum atomic E-state index is -0.0477. The Morgan fingerprint density at radius 2 is 1.88 bits per heavy atom. The van der Waals surface area contributed by atoms with E-state index in [4.69, 9.17) is 4.74 Å². The summed E-state index contributed by atoms with van der Waals surface area (Å²) in [6.07, 6.45) is 1.18. The highest BCUT2D eigenvalue weighted by molar-refractivity contribution is 7.16. The van der Waals surface area contributed by atoms with Crippen molar-refractivity contribution in [1.29, 1.82) is 0 Å². The number of piperidine rings is 1. The van der Waals surface area contributed by atoms with Gasteiger partial charge in [-0.25, -0.2) is 9.78 Å². The van der Waals surface area contributed by atoms with Crippen LogP contribution in [0.3, 0.4) is 0 Å². The highest BCUT2D eigenvalue weighted by atomic mass is 32.1. The number of hydrogen-bond acceptors (Lipinski definition) is 4. The summed E-state index contributed by atoms with van der Waals surface area (Å²) < 4.78 is 5.20. The van der Waals surface area contributed by atoms with E-state index in [1.54, 1.807) is 7.11 Å². The minimum Gasteiger partial charge on any atom is -0.497 e. The number of methoxy groups -OCH3 is 1. The quantitative estimate of drug-likeness (QED) is 0.869. The molecule has 0 bridgehead atoms. The van der Waals surface area contributed by atoms with Crippen molar-refractivity contribution < 1.29 is 9.53 Å².